The summed E-state index contributed by atoms with van der Waals surface area (Å²) in [4.78, 5) is 12.1. The van der Waals surface area contributed by atoms with Crippen LogP contribution in [0, 0.1) is 11.3 Å². The second kappa shape index (κ2) is 8.36. The third kappa shape index (κ3) is 4.52. The number of carbonyl (C=O) groups excluding carboxylic acids is 1. The Kier molecular flexibility index (Phi) is 6.20. The summed E-state index contributed by atoms with van der Waals surface area (Å²) < 4.78 is 32.8. The van der Waals surface area contributed by atoms with Crippen LogP contribution in [0.5, 0.6) is 5.75 Å². The molecule has 0 unspecified atom stereocenters. The van der Waals surface area contributed by atoms with E-state index in [-0.39, 0.29) is 22.6 Å². The maximum Gasteiger partial charge on any atom is 0.261 e. The molecule has 0 saturated carbocycles. The Hall–Kier alpha value is -3.05. The number of amides is 1. The molecule has 8 heteroatoms. The van der Waals surface area contributed by atoms with E-state index in [1.54, 1.807) is 31.2 Å². The third-order valence-electron chi connectivity index (χ3n) is 3.55. The van der Waals surface area contributed by atoms with Gasteiger partial charge in [-0.05, 0) is 42.8 Å². The van der Waals surface area contributed by atoms with Gasteiger partial charge in [-0.3, -0.25) is 9.52 Å². The lowest BCUT2D eigenvalue weighted by molar-refractivity contribution is 0.0952. The van der Waals surface area contributed by atoms with E-state index in [1.807, 2.05) is 6.07 Å². The van der Waals surface area contributed by atoms with Crippen LogP contribution in [0.3, 0.4) is 0 Å². The van der Waals surface area contributed by atoms with Crippen molar-refractivity contribution in [2.45, 2.75) is 18.2 Å². The van der Waals surface area contributed by atoms with Crippen LogP contribution in [0.2, 0.25) is 0 Å². The molecule has 7 nitrogen and oxygen atoms in total. The molecule has 0 atom stereocenters. The fraction of sp³-hybridized carbons (Fsp3) is 0.222. The molecular formula is C18H19N3O4S. The number of methoxy groups -OCH3 is 1. The van der Waals surface area contributed by atoms with Gasteiger partial charge in [-0.25, -0.2) is 8.42 Å². The zero-order valence-corrected chi connectivity index (χ0v) is 15.3. The normalized spacial score (nSPS) is 10.7. The molecule has 0 saturated heterocycles. The number of nitrogens with zero attached hydrogens (tertiary/aromatic N) is 1. The van der Waals surface area contributed by atoms with Gasteiger partial charge in [0.25, 0.3) is 15.9 Å². The van der Waals surface area contributed by atoms with Gasteiger partial charge in [-0.1, -0.05) is 12.1 Å². The zero-order valence-electron chi connectivity index (χ0n) is 14.4. The van der Waals surface area contributed by atoms with Crippen LogP contribution >= 0.6 is 0 Å². The minimum atomic E-state index is -3.88. The summed E-state index contributed by atoms with van der Waals surface area (Å²) in [5, 5.41) is 11.3. The monoisotopic (exact) mass is 373 g/mol. The van der Waals surface area contributed by atoms with Crippen LogP contribution in [0.4, 0.5) is 5.69 Å². The predicted octanol–water partition coefficient (Wildman–Crippen LogP) is 2.31. The minimum absolute atomic E-state index is 0.0549. The summed E-state index contributed by atoms with van der Waals surface area (Å²) in [7, 11) is -2.47. The standard InChI is InChI=1S/C18H19N3O4S/c1-3-20-18(22)16-12-15(8-9-17(16)25-2)26(23,24)21-14-6-4-13(5-7-14)10-11-19/h4-9,12,21H,3,10H2,1-2H3,(H,20,22). The number of anilines is 1. The van der Waals surface area contributed by atoms with Crippen molar-refractivity contribution in [1.82, 2.24) is 5.32 Å². The van der Waals surface area contributed by atoms with Gasteiger partial charge in [-0.2, -0.15) is 5.26 Å². The molecular weight excluding hydrogens is 354 g/mol. The number of nitrogens with one attached hydrogen (secondary N) is 2. The van der Waals surface area contributed by atoms with E-state index in [1.165, 1.54) is 25.3 Å². The number of sulfonamides is 1. The number of hydrogen-bond donors (Lipinski definition) is 2. The van der Waals surface area contributed by atoms with E-state index < -0.39 is 15.9 Å². The van der Waals surface area contributed by atoms with E-state index in [2.05, 4.69) is 10.0 Å². The van der Waals surface area contributed by atoms with Gasteiger partial charge in [0.1, 0.15) is 5.75 Å². The second-order valence-electron chi connectivity index (χ2n) is 5.36. The Morgan fingerprint density at radius 1 is 1.19 bits per heavy atom. The highest BCUT2D eigenvalue weighted by atomic mass is 32.2. The van der Waals surface area contributed by atoms with Gasteiger partial charge < -0.3 is 10.1 Å². The lowest BCUT2D eigenvalue weighted by Gasteiger charge is -2.12. The van der Waals surface area contributed by atoms with Crippen LogP contribution in [0.15, 0.2) is 47.4 Å². The molecule has 0 radical (unpaired) electrons. The van der Waals surface area contributed by atoms with Crippen molar-refractivity contribution >= 4 is 21.6 Å². The molecule has 0 aliphatic carbocycles. The van der Waals surface area contributed by atoms with Gasteiger partial charge >= 0.3 is 0 Å². The molecule has 0 aromatic heterocycles. The van der Waals surface area contributed by atoms with Crippen molar-refractivity contribution in [2.75, 3.05) is 18.4 Å². The average Bonchev–Trinajstić information content (AvgIpc) is 2.63. The quantitative estimate of drug-likeness (QED) is 0.774. The fourth-order valence-electron chi connectivity index (χ4n) is 2.28. The average molecular weight is 373 g/mol. The molecule has 2 N–H and O–H groups in total. The molecule has 2 aromatic rings. The van der Waals surface area contributed by atoms with Crippen molar-refractivity contribution in [3.8, 4) is 11.8 Å². The van der Waals surface area contributed by atoms with E-state index in [9.17, 15) is 13.2 Å². The van der Waals surface area contributed by atoms with Gasteiger partial charge in [0, 0.05) is 12.2 Å². The Morgan fingerprint density at radius 2 is 1.88 bits per heavy atom. The van der Waals surface area contributed by atoms with Crippen molar-refractivity contribution in [3.63, 3.8) is 0 Å². The molecule has 26 heavy (non-hydrogen) atoms. The maximum absolute atomic E-state index is 12.6. The van der Waals surface area contributed by atoms with Crippen LogP contribution < -0.4 is 14.8 Å². The summed E-state index contributed by atoms with van der Waals surface area (Å²) in [6.07, 6.45) is 0.251. The summed E-state index contributed by atoms with van der Waals surface area (Å²) in [6.45, 7) is 2.18. The van der Waals surface area contributed by atoms with Gasteiger partial charge in [0.15, 0.2) is 0 Å². The molecule has 0 aliphatic rings. The number of nitriles is 1. The van der Waals surface area contributed by atoms with E-state index >= 15 is 0 Å². The van der Waals surface area contributed by atoms with Crippen molar-refractivity contribution in [2.24, 2.45) is 0 Å². The smallest absolute Gasteiger partial charge is 0.261 e. The van der Waals surface area contributed by atoms with Crippen LogP contribution in [-0.4, -0.2) is 28.0 Å². The molecule has 2 aromatic carbocycles. The first-order valence-corrected chi connectivity index (χ1v) is 9.34. The van der Waals surface area contributed by atoms with Crippen molar-refractivity contribution < 1.29 is 17.9 Å². The summed E-state index contributed by atoms with van der Waals surface area (Å²) in [5.74, 6) is -0.127. The van der Waals surface area contributed by atoms with E-state index in [0.717, 1.165) is 5.56 Å². The third-order valence-corrected chi connectivity index (χ3v) is 4.93. The summed E-state index contributed by atoms with van der Waals surface area (Å²) in [6, 6.07) is 12.6. The largest absolute Gasteiger partial charge is 0.496 e. The molecule has 0 bridgehead atoms. The number of carbonyl (C=O) groups is 1. The SMILES string of the molecule is CCNC(=O)c1cc(S(=O)(=O)Nc2ccc(CC#N)cc2)ccc1OC. The Bertz CT molecular complexity index is 932. The van der Waals surface area contributed by atoms with Crippen molar-refractivity contribution in [3.05, 3.63) is 53.6 Å². The van der Waals surface area contributed by atoms with Gasteiger partial charge in [0.2, 0.25) is 0 Å². The first-order chi connectivity index (χ1) is 12.4. The topological polar surface area (TPSA) is 108 Å². The number of rotatable bonds is 7. The minimum Gasteiger partial charge on any atom is -0.496 e. The van der Waals surface area contributed by atoms with Crippen LogP contribution in [0.25, 0.3) is 0 Å². The van der Waals surface area contributed by atoms with Gasteiger partial charge in [0.05, 0.1) is 30.1 Å². The van der Waals surface area contributed by atoms with Crippen LogP contribution in [-0.2, 0) is 16.4 Å². The van der Waals surface area contributed by atoms with Gasteiger partial charge in [-0.15, -0.1) is 0 Å². The molecule has 1 amide bonds. The molecule has 0 fully saturated rings. The lowest BCUT2D eigenvalue weighted by Crippen LogP contribution is -2.24. The van der Waals surface area contributed by atoms with Crippen molar-refractivity contribution in [1.29, 1.82) is 5.26 Å². The molecule has 0 aliphatic heterocycles. The lowest BCUT2D eigenvalue weighted by atomic mass is 10.1. The number of ether oxygens (including phenoxy) is 1. The molecule has 0 spiro atoms. The van der Waals surface area contributed by atoms with Crippen LogP contribution in [0.1, 0.15) is 22.8 Å². The Labute approximate surface area is 152 Å². The first-order valence-electron chi connectivity index (χ1n) is 7.86. The Balaban J connectivity index is 2.32. The molecule has 2 rings (SSSR count). The highest BCUT2D eigenvalue weighted by Crippen LogP contribution is 2.24. The van der Waals surface area contributed by atoms with E-state index in [0.29, 0.717) is 12.2 Å². The summed E-state index contributed by atoms with van der Waals surface area (Å²) >= 11 is 0. The molecule has 136 valence electrons. The highest BCUT2D eigenvalue weighted by Gasteiger charge is 2.19. The fourth-order valence-corrected chi connectivity index (χ4v) is 3.37. The Morgan fingerprint density at radius 3 is 2.46 bits per heavy atom. The zero-order chi connectivity index (χ0) is 19.2. The maximum atomic E-state index is 12.6. The summed E-state index contributed by atoms with van der Waals surface area (Å²) in [5.41, 5.74) is 1.29. The number of hydrogen-bond acceptors (Lipinski definition) is 5. The second-order valence-corrected chi connectivity index (χ2v) is 7.04. The molecule has 0 heterocycles. The number of benzene rings is 2. The van der Waals surface area contributed by atoms with E-state index in [4.69, 9.17) is 10.00 Å². The predicted molar refractivity (Wildman–Crippen MR) is 97.6 cm³/mol. The highest BCUT2D eigenvalue weighted by molar-refractivity contribution is 7.92. The first kappa shape index (κ1) is 19.3.